The summed E-state index contributed by atoms with van der Waals surface area (Å²) >= 11 is 11.9. The van der Waals surface area contributed by atoms with Gasteiger partial charge in [0.2, 0.25) is 0 Å². The summed E-state index contributed by atoms with van der Waals surface area (Å²) in [5.41, 5.74) is 1.86. The van der Waals surface area contributed by atoms with Crippen molar-refractivity contribution in [2.24, 2.45) is 0 Å². The molecule has 4 rings (SSSR count). The van der Waals surface area contributed by atoms with Gasteiger partial charge in [-0.15, -0.1) is 0 Å². The summed E-state index contributed by atoms with van der Waals surface area (Å²) in [5, 5.41) is 12.0. The first-order valence-electron chi connectivity index (χ1n) is 10.4. The monoisotopic (exact) mass is 447 g/mol. The van der Waals surface area contributed by atoms with Crippen molar-refractivity contribution >= 4 is 29.1 Å². The lowest BCUT2D eigenvalue weighted by atomic mass is 10.1. The third-order valence-electron chi connectivity index (χ3n) is 6.20. The summed E-state index contributed by atoms with van der Waals surface area (Å²) in [6, 6.07) is 15.3. The number of nitrogens with zero attached hydrogens (tertiary/aromatic N) is 3. The number of rotatable bonds is 4. The van der Waals surface area contributed by atoms with E-state index in [2.05, 4.69) is 28.9 Å². The van der Waals surface area contributed by atoms with Crippen LogP contribution >= 0.6 is 23.2 Å². The normalized spacial score (nSPS) is 25.6. The fraction of sp³-hybridized carbons (Fsp3) is 0.435. The number of likely N-dealkylation sites (tertiary alicyclic amines) is 1. The summed E-state index contributed by atoms with van der Waals surface area (Å²) in [7, 11) is 0. The molecule has 0 saturated carbocycles. The fourth-order valence-corrected chi connectivity index (χ4v) is 4.71. The number of piperazine rings is 1. The van der Waals surface area contributed by atoms with E-state index in [-0.39, 0.29) is 11.9 Å². The van der Waals surface area contributed by atoms with Crippen LogP contribution < -0.4 is 0 Å². The Morgan fingerprint density at radius 2 is 1.60 bits per heavy atom. The fourth-order valence-electron chi connectivity index (χ4n) is 4.45. The third kappa shape index (κ3) is 4.82. The summed E-state index contributed by atoms with van der Waals surface area (Å²) < 4.78 is 0. The maximum absolute atomic E-state index is 12.8. The number of β-amino-alcohol motifs (C(OH)–C–C–N with tert-alkyl or cyclic N) is 1. The molecule has 3 atom stereocenters. The van der Waals surface area contributed by atoms with Crippen molar-refractivity contribution < 1.29 is 9.90 Å². The predicted molar refractivity (Wildman–Crippen MR) is 120 cm³/mol. The third-order valence-corrected chi connectivity index (χ3v) is 6.71. The average molecular weight is 448 g/mol. The minimum Gasteiger partial charge on any atom is -0.390 e. The first kappa shape index (κ1) is 21.6. The molecular formula is C23H27Cl2N3O2. The highest BCUT2D eigenvalue weighted by Crippen LogP contribution is 2.23. The first-order valence-corrected chi connectivity index (χ1v) is 11.1. The van der Waals surface area contributed by atoms with Crippen molar-refractivity contribution in [1.29, 1.82) is 0 Å². The molecule has 2 aliphatic rings. The first-order chi connectivity index (χ1) is 14.4. The van der Waals surface area contributed by atoms with Crippen LogP contribution in [0.2, 0.25) is 10.0 Å². The molecule has 0 bridgehead atoms. The Kier molecular flexibility index (Phi) is 6.66. The molecule has 0 aliphatic carbocycles. The Balaban J connectivity index is 1.35. The van der Waals surface area contributed by atoms with E-state index in [9.17, 15) is 9.90 Å². The van der Waals surface area contributed by atoms with Crippen LogP contribution in [0.3, 0.4) is 0 Å². The van der Waals surface area contributed by atoms with Crippen molar-refractivity contribution in [3.05, 3.63) is 69.7 Å². The second-order valence-electron chi connectivity index (χ2n) is 8.29. The largest absolute Gasteiger partial charge is 0.390 e. The quantitative estimate of drug-likeness (QED) is 0.779. The molecule has 1 N–H and O–H groups in total. The van der Waals surface area contributed by atoms with E-state index >= 15 is 0 Å². The van der Waals surface area contributed by atoms with Crippen LogP contribution in [0.25, 0.3) is 0 Å². The average Bonchev–Trinajstić information content (AvgIpc) is 3.13. The number of hydrogen-bond acceptors (Lipinski definition) is 4. The topological polar surface area (TPSA) is 47.0 Å². The molecule has 0 radical (unpaired) electrons. The molecule has 2 fully saturated rings. The van der Waals surface area contributed by atoms with E-state index in [0.717, 1.165) is 31.2 Å². The lowest BCUT2D eigenvalue weighted by Gasteiger charge is -2.43. The van der Waals surface area contributed by atoms with Gasteiger partial charge in [-0.25, -0.2) is 0 Å². The molecule has 0 spiro atoms. The number of benzene rings is 2. The van der Waals surface area contributed by atoms with Crippen molar-refractivity contribution in [1.82, 2.24) is 14.7 Å². The maximum Gasteiger partial charge on any atom is 0.253 e. The molecule has 2 unspecified atom stereocenters. The van der Waals surface area contributed by atoms with Crippen LogP contribution in [-0.2, 0) is 6.54 Å². The summed E-state index contributed by atoms with van der Waals surface area (Å²) in [4.78, 5) is 19.4. The number of aliphatic hydroxyl groups excluding tert-OH is 1. The zero-order chi connectivity index (χ0) is 21.3. The van der Waals surface area contributed by atoms with E-state index in [4.69, 9.17) is 23.2 Å². The number of hydrogen-bond donors (Lipinski definition) is 1. The molecule has 1 amide bonds. The Bertz CT molecular complexity index is 875. The Hall–Kier alpha value is -1.63. The highest BCUT2D eigenvalue weighted by Gasteiger charge is 2.40. The van der Waals surface area contributed by atoms with Crippen LogP contribution in [0.15, 0.2) is 48.5 Å². The van der Waals surface area contributed by atoms with Crippen LogP contribution in [0.1, 0.15) is 22.8 Å². The number of amides is 1. The van der Waals surface area contributed by atoms with Gasteiger partial charge in [-0.3, -0.25) is 14.6 Å². The van der Waals surface area contributed by atoms with E-state index < -0.39 is 6.10 Å². The Morgan fingerprint density at radius 3 is 2.23 bits per heavy atom. The van der Waals surface area contributed by atoms with E-state index in [1.165, 1.54) is 5.56 Å². The van der Waals surface area contributed by atoms with Gasteiger partial charge in [0.15, 0.2) is 0 Å². The molecule has 2 aliphatic heterocycles. The van der Waals surface area contributed by atoms with E-state index in [0.29, 0.717) is 29.7 Å². The number of carbonyl (C=O) groups excluding carboxylic acids is 1. The summed E-state index contributed by atoms with van der Waals surface area (Å²) in [6.45, 7) is 6.71. The van der Waals surface area contributed by atoms with Gasteiger partial charge < -0.3 is 10.0 Å². The number of halogens is 2. The second kappa shape index (κ2) is 9.25. The molecule has 2 aromatic carbocycles. The zero-order valence-corrected chi connectivity index (χ0v) is 18.6. The highest BCUT2D eigenvalue weighted by molar-refractivity contribution is 6.30. The van der Waals surface area contributed by atoms with Gasteiger partial charge in [-0.05, 0) is 48.9 Å². The van der Waals surface area contributed by atoms with Crippen LogP contribution in [0.5, 0.6) is 0 Å². The zero-order valence-electron chi connectivity index (χ0n) is 17.0. The standard InChI is InChI=1S/C23H27Cl2N3O2/c1-16-12-27(11-10-26(16)13-17-2-6-19(24)7-3-17)21-14-28(15-22(21)29)23(30)18-4-8-20(25)9-5-18/h2-9,16,21-22,29H,10-15H2,1H3/t16-,21?,22?/m0/s1. The molecule has 2 saturated heterocycles. The predicted octanol–water partition coefficient (Wildman–Crippen LogP) is 3.39. The van der Waals surface area contributed by atoms with Crippen molar-refractivity contribution in [3.63, 3.8) is 0 Å². The molecule has 2 heterocycles. The van der Waals surface area contributed by atoms with Crippen LogP contribution in [0.4, 0.5) is 0 Å². The minimum atomic E-state index is -0.531. The van der Waals surface area contributed by atoms with Gasteiger partial charge in [0, 0.05) is 60.9 Å². The maximum atomic E-state index is 12.8. The van der Waals surface area contributed by atoms with Gasteiger partial charge >= 0.3 is 0 Å². The van der Waals surface area contributed by atoms with Crippen molar-refractivity contribution in [3.8, 4) is 0 Å². The van der Waals surface area contributed by atoms with Gasteiger partial charge in [0.05, 0.1) is 12.1 Å². The lowest BCUT2D eigenvalue weighted by molar-refractivity contribution is 0.0172. The molecule has 30 heavy (non-hydrogen) atoms. The van der Waals surface area contributed by atoms with Gasteiger partial charge in [0.1, 0.15) is 0 Å². The van der Waals surface area contributed by atoms with Crippen LogP contribution in [0, 0.1) is 0 Å². The van der Waals surface area contributed by atoms with E-state index in [1.54, 1.807) is 29.2 Å². The smallest absolute Gasteiger partial charge is 0.253 e. The molecule has 7 heteroatoms. The molecule has 2 aromatic rings. The Labute approximate surface area is 187 Å². The highest BCUT2D eigenvalue weighted by atomic mass is 35.5. The molecule has 0 aromatic heterocycles. The van der Waals surface area contributed by atoms with Gasteiger partial charge in [-0.2, -0.15) is 0 Å². The van der Waals surface area contributed by atoms with Gasteiger partial charge in [0.25, 0.3) is 5.91 Å². The van der Waals surface area contributed by atoms with Crippen LogP contribution in [-0.4, -0.2) is 76.6 Å². The molecular weight excluding hydrogens is 421 g/mol. The molecule has 5 nitrogen and oxygen atoms in total. The summed E-state index contributed by atoms with van der Waals surface area (Å²) in [6.07, 6.45) is -0.531. The Morgan fingerprint density at radius 1 is 0.967 bits per heavy atom. The van der Waals surface area contributed by atoms with Crippen molar-refractivity contribution in [2.45, 2.75) is 31.7 Å². The van der Waals surface area contributed by atoms with Gasteiger partial charge in [-0.1, -0.05) is 35.3 Å². The SMILES string of the molecule is C[C@H]1CN(C2CN(C(=O)c3ccc(Cl)cc3)CC2O)CCN1Cc1ccc(Cl)cc1. The second-order valence-corrected chi connectivity index (χ2v) is 9.17. The minimum absolute atomic E-state index is 0.0265. The van der Waals surface area contributed by atoms with Crippen molar-refractivity contribution in [2.75, 3.05) is 32.7 Å². The summed E-state index contributed by atoms with van der Waals surface area (Å²) in [5.74, 6) is -0.0531. The number of aliphatic hydroxyl groups is 1. The molecule has 160 valence electrons. The lowest BCUT2D eigenvalue weighted by Crippen LogP contribution is -2.57. The number of carbonyl (C=O) groups is 1. The van der Waals surface area contributed by atoms with E-state index in [1.807, 2.05) is 12.1 Å².